The van der Waals surface area contributed by atoms with Crippen molar-refractivity contribution < 1.29 is 9.18 Å². The zero-order valence-electron chi connectivity index (χ0n) is 16.5. The fourth-order valence-corrected chi connectivity index (χ4v) is 4.86. The van der Waals surface area contributed by atoms with Crippen molar-refractivity contribution in [2.75, 3.05) is 11.1 Å². The largest absolute Gasteiger partial charge is 0.325 e. The number of amides is 1. The van der Waals surface area contributed by atoms with Crippen molar-refractivity contribution in [2.24, 2.45) is 0 Å². The molecule has 6 nitrogen and oxygen atoms in total. The third kappa shape index (κ3) is 3.72. The van der Waals surface area contributed by atoms with E-state index in [0.717, 1.165) is 27.3 Å². The molecule has 3 heterocycles. The summed E-state index contributed by atoms with van der Waals surface area (Å²) in [6.07, 6.45) is 0. The zero-order valence-corrected chi connectivity index (χ0v) is 18.1. The third-order valence-corrected chi connectivity index (χ3v) is 6.68. The molecule has 0 radical (unpaired) electrons. The molecule has 0 saturated carbocycles. The minimum Gasteiger partial charge on any atom is -0.325 e. The van der Waals surface area contributed by atoms with Crippen molar-refractivity contribution in [1.82, 2.24) is 19.6 Å². The standard InChI is InChI=1S/C20H20FN5OS2/c1-10(2)17-23-19-16(11(3)12(4)29-19)18-24-25-20(26(17)18)28-9-15(27)22-14-7-5-13(21)6-8-14/h5-8,10H,9H2,1-4H3,(H,22,27). The summed E-state index contributed by atoms with van der Waals surface area (Å²) in [6.45, 7) is 8.31. The zero-order chi connectivity index (χ0) is 20.7. The van der Waals surface area contributed by atoms with Crippen LogP contribution >= 0.6 is 23.1 Å². The summed E-state index contributed by atoms with van der Waals surface area (Å²) in [5.74, 6) is 0.676. The molecule has 150 valence electrons. The van der Waals surface area contributed by atoms with E-state index < -0.39 is 0 Å². The van der Waals surface area contributed by atoms with Crippen LogP contribution in [0.2, 0.25) is 0 Å². The van der Waals surface area contributed by atoms with Gasteiger partial charge >= 0.3 is 0 Å². The first-order chi connectivity index (χ1) is 13.8. The summed E-state index contributed by atoms with van der Waals surface area (Å²) in [6, 6.07) is 5.69. The minimum absolute atomic E-state index is 0.162. The maximum absolute atomic E-state index is 13.0. The van der Waals surface area contributed by atoms with Gasteiger partial charge in [-0.05, 0) is 43.7 Å². The number of hydrogen-bond acceptors (Lipinski definition) is 6. The number of hydrogen-bond donors (Lipinski definition) is 1. The van der Waals surface area contributed by atoms with E-state index >= 15 is 0 Å². The van der Waals surface area contributed by atoms with Crippen molar-refractivity contribution >= 4 is 50.6 Å². The van der Waals surface area contributed by atoms with E-state index in [4.69, 9.17) is 4.98 Å². The molecule has 0 unspecified atom stereocenters. The van der Waals surface area contributed by atoms with Crippen LogP contribution in [0.5, 0.6) is 0 Å². The molecule has 0 spiro atoms. The van der Waals surface area contributed by atoms with E-state index in [-0.39, 0.29) is 23.4 Å². The second-order valence-corrected chi connectivity index (χ2v) is 9.22. The van der Waals surface area contributed by atoms with E-state index in [1.54, 1.807) is 11.3 Å². The highest BCUT2D eigenvalue weighted by Gasteiger charge is 2.21. The smallest absolute Gasteiger partial charge is 0.234 e. The fourth-order valence-electron chi connectivity index (χ4n) is 3.08. The lowest BCUT2D eigenvalue weighted by molar-refractivity contribution is -0.113. The van der Waals surface area contributed by atoms with Gasteiger partial charge in [-0.25, -0.2) is 9.37 Å². The first-order valence-electron chi connectivity index (χ1n) is 9.18. The minimum atomic E-state index is -0.341. The number of thioether (sulfide) groups is 1. The lowest BCUT2D eigenvalue weighted by Crippen LogP contribution is -2.14. The summed E-state index contributed by atoms with van der Waals surface area (Å²) < 4.78 is 15.0. The second kappa shape index (κ2) is 7.72. The molecule has 0 fully saturated rings. The molecule has 1 N–H and O–H groups in total. The third-order valence-electron chi connectivity index (χ3n) is 4.65. The Balaban J connectivity index is 1.64. The lowest BCUT2D eigenvalue weighted by atomic mass is 10.2. The van der Waals surface area contributed by atoms with Crippen LogP contribution in [0.4, 0.5) is 10.1 Å². The first-order valence-corrected chi connectivity index (χ1v) is 11.0. The van der Waals surface area contributed by atoms with Gasteiger partial charge in [0, 0.05) is 16.5 Å². The van der Waals surface area contributed by atoms with Gasteiger partial charge in [0.25, 0.3) is 0 Å². The number of fused-ring (bicyclic) bond motifs is 3. The number of anilines is 1. The second-order valence-electron chi connectivity index (χ2n) is 7.07. The van der Waals surface area contributed by atoms with E-state index in [1.807, 2.05) is 4.40 Å². The Morgan fingerprint density at radius 3 is 2.66 bits per heavy atom. The molecule has 3 aromatic heterocycles. The number of rotatable bonds is 5. The van der Waals surface area contributed by atoms with Gasteiger partial charge in [0.1, 0.15) is 16.5 Å². The van der Waals surface area contributed by atoms with Crippen LogP contribution < -0.4 is 5.32 Å². The van der Waals surface area contributed by atoms with Crippen LogP contribution in [0.1, 0.15) is 36.0 Å². The SMILES string of the molecule is Cc1sc2nc(C(C)C)n3c(SCC(=O)Nc4ccc(F)cc4)nnc3c2c1C. The molecule has 0 aliphatic rings. The van der Waals surface area contributed by atoms with E-state index in [2.05, 4.69) is 43.2 Å². The van der Waals surface area contributed by atoms with E-state index in [0.29, 0.717) is 10.8 Å². The van der Waals surface area contributed by atoms with Crippen molar-refractivity contribution in [3.05, 3.63) is 46.3 Å². The number of nitrogens with zero attached hydrogens (tertiary/aromatic N) is 4. The Morgan fingerprint density at radius 1 is 1.24 bits per heavy atom. The van der Waals surface area contributed by atoms with Crippen LogP contribution in [0.25, 0.3) is 15.9 Å². The number of aromatic nitrogens is 4. The summed E-state index contributed by atoms with van der Waals surface area (Å²) >= 11 is 2.97. The number of benzene rings is 1. The monoisotopic (exact) mass is 429 g/mol. The van der Waals surface area contributed by atoms with Gasteiger partial charge in [-0.2, -0.15) is 0 Å². The molecule has 0 aliphatic carbocycles. The number of nitrogens with one attached hydrogen (secondary N) is 1. The molecule has 0 atom stereocenters. The normalized spacial score (nSPS) is 11.7. The molecule has 4 aromatic rings. The molecule has 0 saturated heterocycles. The van der Waals surface area contributed by atoms with Crippen LogP contribution in [-0.2, 0) is 4.79 Å². The van der Waals surface area contributed by atoms with Crippen molar-refractivity contribution in [1.29, 1.82) is 0 Å². The number of thiophene rings is 1. The Morgan fingerprint density at radius 2 is 1.97 bits per heavy atom. The molecular weight excluding hydrogens is 409 g/mol. The van der Waals surface area contributed by atoms with Crippen molar-refractivity contribution in [2.45, 2.75) is 38.8 Å². The maximum Gasteiger partial charge on any atom is 0.234 e. The predicted octanol–water partition coefficient (Wildman–Crippen LogP) is 4.95. The average molecular weight is 430 g/mol. The maximum atomic E-state index is 13.0. The molecule has 4 rings (SSSR count). The average Bonchev–Trinajstić information content (AvgIpc) is 3.22. The molecule has 1 aromatic carbocycles. The quantitative estimate of drug-likeness (QED) is 0.455. The number of aryl methyl sites for hydroxylation is 2. The summed E-state index contributed by atoms with van der Waals surface area (Å²) in [4.78, 5) is 19.4. The van der Waals surface area contributed by atoms with Gasteiger partial charge in [-0.3, -0.25) is 9.20 Å². The van der Waals surface area contributed by atoms with Crippen LogP contribution in [-0.4, -0.2) is 31.2 Å². The van der Waals surface area contributed by atoms with E-state index in [9.17, 15) is 9.18 Å². The van der Waals surface area contributed by atoms with Crippen molar-refractivity contribution in [3.8, 4) is 0 Å². The molecule has 0 aliphatic heterocycles. The number of carbonyl (C=O) groups is 1. The lowest BCUT2D eigenvalue weighted by Gasteiger charge is -2.10. The van der Waals surface area contributed by atoms with E-state index in [1.165, 1.54) is 40.9 Å². The van der Waals surface area contributed by atoms with Gasteiger partial charge in [0.05, 0.1) is 11.1 Å². The molecule has 29 heavy (non-hydrogen) atoms. The molecule has 0 bridgehead atoms. The van der Waals surface area contributed by atoms with Gasteiger partial charge < -0.3 is 5.32 Å². The van der Waals surface area contributed by atoms with Crippen LogP contribution in [0, 0.1) is 19.7 Å². The fraction of sp³-hybridized carbons (Fsp3) is 0.300. The van der Waals surface area contributed by atoms with Crippen molar-refractivity contribution in [3.63, 3.8) is 0 Å². The summed E-state index contributed by atoms with van der Waals surface area (Å²) in [7, 11) is 0. The van der Waals surface area contributed by atoms with Crippen LogP contribution in [0.3, 0.4) is 0 Å². The Bertz CT molecular complexity index is 1210. The number of carbonyl (C=O) groups excluding carboxylic acids is 1. The molecular formula is C20H20FN5OS2. The summed E-state index contributed by atoms with van der Waals surface area (Å²) in [5, 5.41) is 13.2. The predicted molar refractivity (Wildman–Crippen MR) is 115 cm³/mol. The number of halogens is 1. The first kappa shape index (κ1) is 19.8. The van der Waals surface area contributed by atoms with Gasteiger partial charge in [-0.1, -0.05) is 25.6 Å². The Kier molecular flexibility index (Phi) is 5.26. The van der Waals surface area contributed by atoms with Gasteiger partial charge in [0.2, 0.25) is 5.91 Å². The Labute approximate surface area is 175 Å². The highest BCUT2D eigenvalue weighted by atomic mass is 32.2. The Hall–Kier alpha value is -2.52. The van der Waals surface area contributed by atoms with Crippen LogP contribution in [0.15, 0.2) is 29.4 Å². The van der Waals surface area contributed by atoms with Gasteiger partial charge in [-0.15, -0.1) is 21.5 Å². The highest BCUT2D eigenvalue weighted by molar-refractivity contribution is 7.99. The highest BCUT2D eigenvalue weighted by Crippen LogP contribution is 2.34. The topological polar surface area (TPSA) is 72.2 Å². The molecule has 9 heteroatoms. The molecule has 1 amide bonds. The van der Waals surface area contributed by atoms with Gasteiger partial charge in [0.15, 0.2) is 10.8 Å². The summed E-state index contributed by atoms with van der Waals surface area (Å²) in [5.41, 5.74) is 2.50.